The molecule has 3 aromatic rings. The average molecular weight is 436 g/mol. The quantitative estimate of drug-likeness (QED) is 0.457. The van der Waals surface area contributed by atoms with E-state index in [0.29, 0.717) is 21.0 Å². The van der Waals surface area contributed by atoms with E-state index in [1.807, 2.05) is 0 Å². The van der Waals surface area contributed by atoms with Gasteiger partial charge in [0.15, 0.2) is 5.83 Å². The van der Waals surface area contributed by atoms with Gasteiger partial charge in [0.2, 0.25) is 0 Å². The van der Waals surface area contributed by atoms with Crippen molar-refractivity contribution in [2.75, 3.05) is 5.32 Å². The lowest BCUT2D eigenvalue weighted by molar-refractivity contribution is -0.114. The SMILES string of the molecule is O=C(Nc1csc(-c2ccc(Cl)cc2)c1C(=O)O)/C(F)=C/c1ccccc1Cl. The van der Waals surface area contributed by atoms with Crippen LogP contribution in [0.3, 0.4) is 0 Å². The van der Waals surface area contributed by atoms with Gasteiger partial charge >= 0.3 is 5.97 Å². The zero-order valence-corrected chi connectivity index (χ0v) is 16.4. The number of anilines is 1. The second-order valence-corrected chi connectivity index (χ2v) is 7.36. The Balaban J connectivity index is 1.90. The maximum atomic E-state index is 14.3. The lowest BCUT2D eigenvalue weighted by atomic mass is 10.1. The van der Waals surface area contributed by atoms with E-state index in [9.17, 15) is 19.1 Å². The highest BCUT2D eigenvalue weighted by Gasteiger charge is 2.22. The van der Waals surface area contributed by atoms with Crippen LogP contribution >= 0.6 is 34.5 Å². The third-order valence-corrected chi connectivity index (χ3v) is 5.39. The highest BCUT2D eigenvalue weighted by atomic mass is 35.5. The number of carboxylic acids is 1. The van der Waals surface area contributed by atoms with E-state index in [1.54, 1.807) is 48.5 Å². The van der Waals surface area contributed by atoms with Gasteiger partial charge in [-0.1, -0.05) is 53.5 Å². The summed E-state index contributed by atoms with van der Waals surface area (Å²) in [6, 6.07) is 13.1. The molecule has 0 saturated carbocycles. The van der Waals surface area contributed by atoms with Crippen LogP contribution in [0.25, 0.3) is 16.5 Å². The average Bonchev–Trinajstić information content (AvgIpc) is 3.08. The summed E-state index contributed by atoms with van der Waals surface area (Å²) in [7, 11) is 0. The molecular weight excluding hydrogens is 424 g/mol. The molecule has 0 aliphatic rings. The van der Waals surface area contributed by atoms with Gasteiger partial charge in [0, 0.05) is 15.4 Å². The van der Waals surface area contributed by atoms with Crippen LogP contribution in [0.5, 0.6) is 0 Å². The third kappa shape index (κ3) is 4.42. The Morgan fingerprint density at radius 3 is 2.39 bits per heavy atom. The number of aromatic carboxylic acids is 1. The number of halogens is 3. The maximum absolute atomic E-state index is 14.3. The largest absolute Gasteiger partial charge is 0.478 e. The summed E-state index contributed by atoms with van der Waals surface area (Å²) in [5, 5.41) is 14.1. The molecule has 0 bridgehead atoms. The van der Waals surface area contributed by atoms with Gasteiger partial charge in [0.25, 0.3) is 5.91 Å². The highest BCUT2D eigenvalue weighted by molar-refractivity contribution is 7.14. The molecule has 0 radical (unpaired) electrons. The van der Waals surface area contributed by atoms with Crippen molar-refractivity contribution >= 4 is 58.2 Å². The van der Waals surface area contributed by atoms with Gasteiger partial charge in [-0.2, -0.15) is 0 Å². The molecule has 3 rings (SSSR count). The van der Waals surface area contributed by atoms with Gasteiger partial charge in [-0.25, -0.2) is 9.18 Å². The van der Waals surface area contributed by atoms with Crippen LogP contribution in [0.15, 0.2) is 59.7 Å². The summed E-state index contributed by atoms with van der Waals surface area (Å²) in [4.78, 5) is 24.4. The van der Waals surface area contributed by atoms with Crippen molar-refractivity contribution in [2.24, 2.45) is 0 Å². The first-order chi connectivity index (χ1) is 13.4. The van der Waals surface area contributed by atoms with Crippen LogP contribution in [0.2, 0.25) is 10.0 Å². The topological polar surface area (TPSA) is 66.4 Å². The molecule has 0 atom stereocenters. The third-order valence-electron chi connectivity index (χ3n) is 3.76. The predicted octanol–water partition coefficient (Wildman–Crippen LogP) is 6.37. The van der Waals surface area contributed by atoms with Crippen molar-refractivity contribution in [3.8, 4) is 10.4 Å². The number of carboxylic acid groups (broad SMARTS) is 1. The number of hydrogen-bond donors (Lipinski definition) is 2. The fourth-order valence-electron chi connectivity index (χ4n) is 2.45. The summed E-state index contributed by atoms with van der Waals surface area (Å²) in [6.45, 7) is 0. The summed E-state index contributed by atoms with van der Waals surface area (Å²) < 4.78 is 14.3. The molecule has 0 unspecified atom stereocenters. The van der Waals surface area contributed by atoms with Crippen LogP contribution in [-0.4, -0.2) is 17.0 Å². The van der Waals surface area contributed by atoms with E-state index in [2.05, 4.69) is 5.32 Å². The molecule has 8 heteroatoms. The monoisotopic (exact) mass is 435 g/mol. The first kappa shape index (κ1) is 20.1. The van der Waals surface area contributed by atoms with Crippen LogP contribution < -0.4 is 5.32 Å². The van der Waals surface area contributed by atoms with E-state index in [0.717, 1.165) is 17.4 Å². The van der Waals surface area contributed by atoms with Gasteiger partial charge < -0.3 is 10.4 Å². The van der Waals surface area contributed by atoms with E-state index in [4.69, 9.17) is 23.2 Å². The fraction of sp³-hybridized carbons (Fsp3) is 0. The summed E-state index contributed by atoms with van der Waals surface area (Å²) in [5.41, 5.74) is 0.850. The van der Waals surface area contributed by atoms with Crippen LogP contribution in [0.1, 0.15) is 15.9 Å². The molecule has 1 amide bonds. The molecular formula is C20H12Cl2FNO3S. The standard InChI is InChI=1S/C20H12Cl2FNO3S/c21-13-7-5-11(6-8-13)18-17(20(26)27)16(10-28-18)24-19(25)15(23)9-12-3-1-2-4-14(12)22/h1-10H,(H,24,25)(H,26,27)/b15-9-. The molecule has 0 spiro atoms. The van der Waals surface area contributed by atoms with E-state index < -0.39 is 17.7 Å². The molecule has 4 nitrogen and oxygen atoms in total. The number of amides is 1. The zero-order chi connectivity index (χ0) is 20.3. The summed E-state index contributed by atoms with van der Waals surface area (Å²) in [6.07, 6.45) is 0.991. The minimum Gasteiger partial charge on any atom is -0.478 e. The number of carbonyl (C=O) groups is 2. The Kier molecular flexibility index (Phi) is 6.14. The zero-order valence-electron chi connectivity index (χ0n) is 14.1. The number of benzene rings is 2. The number of hydrogen-bond acceptors (Lipinski definition) is 3. The molecule has 142 valence electrons. The van der Waals surface area contributed by atoms with Crippen molar-refractivity contribution in [3.63, 3.8) is 0 Å². The molecule has 1 heterocycles. The van der Waals surface area contributed by atoms with Gasteiger partial charge in [-0.05, 0) is 35.4 Å². The summed E-state index contributed by atoms with van der Waals surface area (Å²) in [5.74, 6) is -3.40. The van der Waals surface area contributed by atoms with Crippen LogP contribution in [0.4, 0.5) is 10.1 Å². The first-order valence-corrected chi connectivity index (χ1v) is 9.54. The van der Waals surface area contributed by atoms with Crippen molar-refractivity contribution in [2.45, 2.75) is 0 Å². The molecule has 1 aromatic heterocycles. The van der Waals surface area contributed by atoms with E-state index >= 15 is 0 Å². The van der Waals surface area contributed by atoms with Crippen LogP contribution in [-0.2, 0) is 4.79 Å². The lowest BCUT2D eigenvalue weighted by Gasteiger charge is -2.06. The number of nitrogens with one attached hydrogen (secondary N) is 1. The molecule has 0 aliphatic heterocycles. The normalized spacial score (nSPS) is 11.3. The van der Waals surface area contributed by atoms with Gasteiger partial charge in [0.05, 0.1) is 10.6 Å². The van der Waals surface area contributed by atoms with Crippen LogP contribution in [0, 0.1) is 0 Å². The van der Waals surface area contributed by atoms with Crippen molar-refractivity contribution in [1.82, 2.24) is 0 Å². The smallest absolute Gasteiger partial charge is 0.339 e. The van der Waals surface area contributed by atoms with Gasteiger partial charge in [-0.15, -0.1) is 11.3 Å². The lowest BCUT2D eigenvalue weighted by Crippen LogP contribution is -2.14. The van der Waals surface area contributed by atoms with Gasteiger partial charge in [-0.3, -0.25) is 4.79 Å². The molecule has 0 saturated heterocycles. The molecule has 2 N–H and O–H groups in total. The molecule has 0 fully saturated rings. The Hall–Kier alpha value is -2.67. The Morgan fingerprint density at radius 1 is 1.07 bits per heavy atom. The Labute approximate surface area is 173 Å². The van der Waals surface area contributed by atoms with E-state index in [1.165, 1.54) is 5.38 Å². The van der Waals surface area contributed by atoms with Crippen molar-refractivity contribution in [3.05, 3.63) is 80.9 Å². The number of rotatable bonds is 5. The molecule has 28 heavy (non-hydrogen) atoms. The van der Waals surface area contributed by atoms with Crippen molar-refractivity contribution < 1.29 is 19.1 Å². The minimum atomic E-state index is -1.24. The predicted molar refractivity (Wildman–Crippen MR) is 111 cm³/mol. The minimum absolute atomic E-state index is 0.00941. The van der Waals surface area contributed by atoms with Gasteiger partial charge in [0.1, 0.15) is 5.56 Å². The second kappa shape index (κ2) is 8.56. The Bertz CT molecular complexity index is 1080. The first-order valence-electron chi connectivity index (χ1n) is 7.90. The maximum Gasteiger partial charge on any atom is 0.339 e. The second-order valence-electron chi connectivity index (χ2n) is 5.63. The molecule has 0 aliphatic carbocycles. The fourth-order valence-corrected chi connectivity index (χ4v) is 3.77. The van der Waals surface area contributed by atoms with E-state index in [-0.39, 0.29) is 16.3 Å². The number of thiophene rings is 1. The molecule has 2 aromatic carbocycles. The highest BCUT2D eigenvalue weighted by Crippen LogP contribution is 2.36. The summed E-state index contributed by atoms with van der Waals surface area (Å²) >= 11 is 12.9. The number of carbonyl (C=O) groups excluding carboxylic acids is 1. The Morgan fingerprint density at radius 2 is 1.75 bits per heavy atom. The van der Waals surface area contributed by atoms with Crippen molar-refractivity contribution in [1.29, 1.82) is 0 Å².